The van der Waals surface area contributed by atoms with Crippen molar-refractivity contribution in [2.75, 3.05) is 20.1 Å². The molecule has 0 saturated carbocycles. The van der Waals surface area contributed by atoms with Crippen LogP contribution < -0.4 is 5.32 Å². The van der Waals surface area contributed by atoms with Crippen LogP contribution in [-0.4, -0.2) is 47.6 Å². The van der Waals surface area contributed by atoms with E-state index < -0.39 is 0 Å². The Morgan fingerprint density at radius 3 is 2.37 bits per heavy atom. The number of hydrogen-bond donors (Lipinski definition) is 1. The predicted octanol–water partition coefficient (Wildman–Crippen LogP) is 2.39. The van der Waals surface area contributed by atoms with E-state index in [2.05, 4.69) is 53.4 Å². The minimum Gasteiger partial charge on any atom is -0.347 e. The molecule has 1 aromatic carbocycles. The van der Waals surface area contributed by atoms with Gasteiger partial charge >= 0.3 is 0 Å². The lowest BCUT2D eigenvalue weighted by molar-refractivity contribution is -0.130. The number of likely N-dealkylation sites (tertiary alicyclic amines) is 1. The molecule has 0 spiro atoms. The fraction of sp³-hybridized carbons (Fsp3) is 0.571. The van der Waals surface area contributed by atoms with Gasteiger partial charge in [0.05, 0.1) is 0 Å². The van der Waals surface area contributed by atoms with Crippen molar-refractivity contribution in [3.8, 4) is 0 Å². The summed E-state index contributed by atoms with van der Waals surface area (Å²) in [5.41, 5.74) is 2.79. The van der Waals surface area contributed by atoms with Crippen molar-refractivity contribution in [3.63, 3.8) is 0 Å². The first-order chi connectivity index (χ1) is 12.9. The van der Waals surface area contributed by atoms with E-state index in [0.717, 1.165) is 23.9 Å². The average molecular weight is 370 g/mol. The van der Waals surface area contributed by atoms with Crippen LogP contribution in [0.25, 0.3) is 0 Å². The molecule has 0 radical (unpaired) electrons. The molecule has 2 aliphatic heterocycles. The number of nitrogens with zero attached hydrogens (tertiary/aromatic N) is 3. The molecule has 27 heavy (non-hydrogen) atoms. The summed E-state index contributed by atoms with van der Waals surface area (Å²) >= 11 is 0. The Morgan fingerprint density at radius 2 is 1.74 bits per heavy atom. The molecule has 0 bridgehead atoms. The van der Waals surface area contributed by atoms with E-state index in [1.54, 1.807) is 7.05 Å². The van der Waals surface area contributed by atoms with Gasteiger partial charge < -0.3 is 5.32 Å². The minimum atomic E-state index is -0.199. The molecule has 146 valence electrons. The number of carbonyl (C=O) groups is 2. The second-order valence-corrected chi connectivity index (χ2v) is 8.10. The molecule has 6 nitrogen and oxygen atoms in total. The second kappa shape index (κ2) is 8.65. The Balaban J connectivity index is 1.50. The molecule has 1 N–H and O–H groups in total. The summed E-state index contributed by atoms with van der Waals surface area (Å²) in [6.07, 6.45) is 2.07. The van der Waals surface area contributed by atoms with Gasteiger partial charge in [-0.05, 0) is 29.4 Å². The molecular formula is C21H30N4O2. The second-order valence-electron chi connectivity index (χ2n) is 8.10. The molecule has 2 aliphatic rings. The highest BCUT2D eigenvalue weighted by atomic mass is 16.2. The number of carbonyl (C=O) groups excluding carboxylic acids is 2. The van der Waals surface area contributed by atoms with Gasteiger partial charge in [-0.1, -0.05) is 38.1 Å². The van der Waals surface area contributed by atoms with Gasteiger partial charge in [-0.2, -0.15) is 5.10 Å². The van der Waals surface area contributed by atoms with Crippen LogP contribution in [-0.2, 0) is 22.7 Å². The summed E-state index contributed by atoms with van der Waals surface area (Å²) in [5, 5.41) is 8.19. The summed E-state index contributed by atoms with van der Waals surface area (Å²) in [7, 11) is 1.58. The van der Waals surface area contributed by atoms with E-state index in [1.807, 2.05) is 0 Å². The van der Waals surface area contributed by atoms with E-state index in [4.69, 9.17) is 0 Å². The molecule has 1 saturated heterocycles. The molecule has 3 rings (SSSR count). The Labute approximate surface area is 161 Å². The summed E-state index contributed by atoms with van der Waals surface area (Å²) in [6.45, 7) is 8.45. The highest BCUT2D eigenvalue weighted by molar-refractivity contribution is 6.39. The molecule has 1 aromatic rings. The maximum absolute atomic E-state index is 12.2. The third-order valence-electron chi connectivity index (χ3n) is 5.30. The predicted molar refractivity (Wildman–Crippen MR) is 106 cm³/mol. The number of hydrazone groups is 1. The summed E-state index contributed by atoms with van der Waals surface area (Å²) in [6, 6.07) is 8.45. The van der Waals surface area contributed by atoms with Crippen molar-refractivity contribution in [1.29, 1.82) is 0 Å². The number of nitrogens with one attached hydrogen (secondary N) is 1. The highest BCUT2D eigenvalue weighted by Gasteiger charge is 2.22. The zero-order valence-electron chi connectivity index (χ0n) is 16.6. The van der Waals surface area contributed by atoms with Crippen LogP contribution in [0.2, 0.25) is 0 Å². The molecule has 0 aromatic heterocycles. The van der Waals surface area contributed by atoms with Crippen LogP contribution in [0.1, 0.15) is 44.2 Å². The molecule has 2 amide bonds. The maximum Gasteiger partial charge on any atom is 0.267 e. The fourth-order valence-electron chi connectivity index (χ4n) is 4.06. The molecule has 6 heteroatoms. The first-order valence-corrected chi connectivity index (χ1v) is 9.83. The third-order valence-corrected chi connectivity index (χ3v) is 5.30. The van der Waals surface area contributed by atoms with Crippen LogP contribution in [0.15, 0.2) is 29.4 Å². The van der Waals surface area contributed by atoms with Gasteiger partial charge in [0, 0.05) is 46.1 Å². The Kier molecular flexibility index (Phi) is 6.26. The highest BCUT2D eigenvalue weighted by Crippen LogP contribution is 2.22. The fourth-order valence-corrected chi connectivity index (χ4v) is 4.06. The van der Waals surface area contributed by atoms with Gasteiger partial charge in [0.1, 0.15) is 5.71 Å². The van der Waals surface area contributed by atoms with Gasteiger partial charge in [0.15, 0.2) is 0 Å². The average Bonchev–Trinajstić information content (AvgIpc) is 2.62. The van der Waals surface area contributed by atoms with Crippen molar-refractivity contribution in [1.82, 2.24) is 15.2 Å². The topological polar surface area (TPSA) is 65.0 Å². The van der Waals surface area contributed by atoms with Gasteiger partial charge in [0.2, 0.25) is 5.91 Å². The van der Waals surface area contributed by atoms with Crippen molar-refractivity contribution in [3.05, 3.63) is 35.4 Å². The molecule has 1 fully saturated rings. The number of piperidine rings is 1. The zero-order chi connectivity index (χ0) is 19.4. The number of rotatable bonds is 5. The van der Waals surface area contributed by atoms with Gasteiger partial charge in [-0.3, -0.25) is 14.5 Å². The number of hydrogen-bond acceptors (Lipinski definition) is 4. The van der Waals surface area contributed by atoms with E-state index in [0.29, 0.717) is 25.1 Å². The monoisotopic (exact) mass is 370 g/mol. The maximum atomic E-state index is 12.2. The van der Waals surface area contributed by atoms with Crippen LogP contribution in [0.4, 0.5) is 0 Å². The van der Waals surface area contributed by atoms with E-state index >= 15 is 0 Å². The standard InChI is InChI=1S/C21H30N4O2/c1-15-10-16(2)13-25(12-15)14-18-6-4-17(5-7-18)11-22-21(27)19-8-9-20(26)24(3)23-19/h4-7,15-16H,8-14H2,1-3H3,(H,22,27)/t15-,16+. The third kappa shape index (κ3) is 5.39. The molecule has 2 atom stereocenters. The first-order valence-electron chi connectivity index (χ1n) is 9.83. The molecule has 0 aliphatic carbocycles. The van der Waals surface area contributed by atoms with E-state index in [1.165, 1.54) is 30.1 Å². The Morgan fingerprint density at radius 1 is 1.11 bits per heavy atom. The van der Waals surface area contributed by atoms with Gasteiger partial charge in [0.25, 0.3) is 5.91 Å². The van der Waals surface area contributed by atoms with Crippen molar-refractivity contribution in [2.24, 2.45) is 16.9 Å². The van der Waals surface area contributed by atoms with Gasteiger partial charge in [-0.25, -0.2) is 5.01 Å². The van der Waals surface area contributed by atoms with Crippen molar-refractivity contribution in [2.45, 2.75) is 46.2 Å². The SMILES string of the molecule is C[C@@H]1C[C@H](C)CN(Cc2ccc(CNC(=O)C3=NN(C)C(=O)CC3)cc2)C1. The zero-order valence-corrected chi connectivity index (χ0v) is 16.6. The van der Waals surface area contributed by atoms with Crippen LogP contribution in [0.3, 0.4) is 0 Å². The lowest BCUT2D eigenvalue weighted by atomic mass is 9.91. The normalized spacial score (nSPS) is 23.9. The largest absolute Gasteiger partial charge is 0.347 e. The minimum absolute atomic E-state index is 0.0559. The van der Waals surface area contributed by atoms with Crippen LogP contribution in [0, 0.1) is 11.8 Å². The number of amides is 2. The quantitative estimate of drug-likeness (QED) is 0.865. The number of benzene rings is 1. The molecule has 2 heterocycles. The first kappa shape index (κ1) is 19.5. The Hall–Kier alpha value is -2.21. The smallest absolute Gasteiger partial charge is 0.267 e. The van der Waals surface area contributed by atoms with Crippen LogP contribution in [0.5, 0.6) is 0 Å². The lowest BCUT2D eigenvalue weighted by Gasteiger charge is -2.35. The summed E-state index contributed by atoms with van der Waals surface area (Å²) in [4.78, 5) is 26.2. The van der Waals surface area contributed by atoms with E-state index in [9.17, 15) is 9.59 Å². The lowest BCUT2D eigenvalue weighted by Crippen LogP contribution is -2.38. The summed E-state index contributed by atoms with van der Waals surface area (Å²) < 4.78 is 0. The van der Waals surface area contributed by atoms with Gasteiger partial charge in [-0.15, -0.1) is 0 Å². The molecule has 0 unspecified atom stereocenters. The molecular weight excluding hydrogens is 340 g/mol. The van der Waals surface area contributed by atoms with Crippen molar-refractivity contribution < 1.29 is 9.59 Å². The summed E-state index contributed by atoms with van der Waals surface area (Å²) in [5.74, 6) is 1.27. The Bertz CT molecular complexity index is 703. The van der Waals surface area contributed by atoms with Crippen molar-refractivity contribution >= 4 is 17.5 Å². The van der Waals surface area contributed by atoms with E-state index in [-0.39, 0.29) is 11.8 Å². The van der Waals surface area contributed by atoms with Crippen LogP contribution >= 0.6 is 0 Å².